The van der Waals surface area contributed by atoms with Gasteiger partial charge in [-0.05, 0) is 56.3 Å². The van der Waals surface area contributed by atoms with E-state index in [9.17, 15) is 30.6 Å². The highest BCUT2D eigenvalue weighted by atomic mass is 16.3. The molecule has 0 aromatic heterocycles. The number of hydrogen-bond acceptors (Lipinski definition) is 9. The summed E-state index contributed by atoms with van der Waals surface area (Å²) in [5.74, 6) is -0.397. The lowest BCUT2D eigenvalue weighted by Gasteiger charge is -2.19. The first-order valence-electron chi connectivity index (χ1n) is 21.6. The predicted octanol–water partition coefficient (Wildman–Crippen LogP) is 4.57. The van der Waals surface area contributed by atoms with Crippen LogP contribution in [0.15, 0.2) is 72.9 Å². The first kappa shape index (κ1) is 53.3. The molecule has 9 nitrogen and oxygen atoms in total. The van der Waals surface area contributed by atoms with E-state index >= 15 is 0 Å². The van der Waals surface area contributed by atoms with Crippen molar-refractivity contribution in [2.45, 2.75) is 172 Å². The van der Waals surface area contributed by atoms with Crippen molar-refractivity contribution in [2.75, 3.05) is 0 Å². The van der Waals surface area contributed by atoms with Gasteiger partial charge in [0.15, 0.2) is 0 Å². The van der Waals surface area contributed by atoms with Gasteiger partial charge in [-0.3, -0.25) is 0 Å². The van der Waals surface area contributed by atoms with Gasteiger partial charge in [0, 0.05) is 55.0 Å². The zero-order chi connectivity index (χ0) is 42.8. The number of rotatable bonds is 21. The molecule has 0 amide bonds. The van der Waals surface area contributed by atoms with Crippen molar-refractivity contribution in [1.29, 1.82) is 0 Å². The Bertz CT molecular complexity index is 1050. The van der Waals surface area contributed by atoms with Crippen LogP contribution >= 0.6 is 0 Å². The third-order valence-electron chi connectivity index (χ3n) is 11.2. The van der Waals surface area contributed by atoms with E-state index in [1.807, 2.05) is 0 Å². The molecule has 3 saturated carbocycles. The Morgan fingerprint density at radius 3 is 0.877 bits per heavy atom. The summed E-state index contributed by atoms with van der Waals surface area (Å²) in [6.07, 6.45) is 32.8. The lowest BCUT2D eigenvalue weighted by atomic mass is 9.88. The van der Waals surface area contributed by atoms with Gasteiger partial charge in [-0.15, -0.1) is 0 Å². The Balaban J connectivity index is 0.000000427. The largest absolute Gasteiger partial charge is 0.399 e. The number of aliphatic hydroxyl groups is 9. The van der Waals surface area contributed by atoms with Gasteiger partial charge in [0.1, 0.15) is 23.5 Å². The maximum absolute atomic E-state index is 9.98. The highest BCUT2D eigenvalue weighted by Gasteiger charge is 2.41. The number of aliphatic hydroxyl groups excluding tert-OH is 9. The average Bonchev–Trinajstić information content (AvgIpc) is 3.70. The van der Waals surface area contributed by atoms with Crippen LogP contribution in [0.25, 0.3) is 0 Å². The molecule has 1 unspecified atom stereocenters. The minimum atomic E-state index is -1.01. The summed E-state index contributed by atoms with van der Waals surface area (Å²) >= 11 is 0. The normalized spacial score (nSPS) is 33.5. The van der Waals surface area contributed by atoms with E-state index < -0.39 is 54.6 Å². The van der Waals surface area contributed by atoms with E-state index in [4.69, 9.17) is 38.9 Å². The third kappa shape index (κ3) is 21.9. The fourth-order valence-corrected chi connectivity index (χ4v) is 7.93. The van der Waals surface area contributed by atoms with Crippen molar-refractivity contribution in [2.24, 2.45) is 35.5 Å². The lowest BCUT2D eigenvalue weighted by molar-refractivity contribution is 0.120. The summed E-state index contributed by atoms with van der Waals surface area (Å²) in [7, 11) is 15.8. The standard InChI is InChI=1S/3C15H25BO3/c3*1-2-3-4-5-6-7-11-12(8-9-15(16)19)14(18)10-13(11)17/h3*5-6,8-9,11-15,17-19H,2-4,7,10H2,1H3/b3*6-5-,9-8?/t11-,12-,13+,14-,15?;11-,12-,13+,14-,15+;11-,12-,13+,14-,15-/m111/s1. The van der Waals surface area contributed by atoms with Gasteiger partial charge >= 0.3 is 0 Å². The fraction of sp³-hybridized carbons (Fsp3) is 0.733. The van der Waals surface area contributed by atoms with Crippen molar-refractivity contribution in [1.82, 2.24) is 0 Å². The zero-order valence-corrected chi connectivity index (χ0v) is 35.0. The Hall–Kier alpha value is -1.73. The first-order chi connectivity index (χ1) is 27.2. The van der Waals surface area contributed by atoms with Gasteiger partial charge < -0.3 is 46.0 Å². The van der Waals surface area contributed by atoms with Gasteiger partial charge in [0.2, 0.25) is 0 Å². The van der Waals surface area contributed by atoms with E-state index in [0.717, 1.165) is 38.5 Å². The van der Waals surface area contributed by atoms with Crippen LogP contribution in [0.4, 0.5) is 0 Å². The van der Waals surface area contributed by atoms with Gasteiger partial charge in [-0.2, -0.15) is 0 Å². The molecule has 57 heavy (non-hydrogen) atoms. The molecule has 0 bridgehead atoms. The molecule has 3 fully saturated rings. The summed E-state index contributed by atoms with van der Waals surface area (Å²) < 4.78 is 0. The first-order valence-corrected chi connectivity index (χ1v) is 21.6. The molecule has 15 atom stereocenters. The Morgan fingerprint density at radius 2 is 0.667 bits per heavy atom. The Kier molecular flexibility index (Phi) is 29.2. The highest BCUT2D eigenvalue weighted by molar-refractivity contribution is 6.12. The summed E-state index contributed by atoms with van der Waals surface area (Å²) in [6, 6.07) is -3.03. The minimum absolute atomic E-state index is 0.00266. The molecule has 9 N–H and O–H groups in total. The number of allylic oxidation sites excluding steroid dienone is 6. The third-order valence-corrected chi connectivity index (χ3v) is 11.2. The quantitative estimate of drug-likeness (QED) is 0.0457. The summed E-state index contributed by atoms with van der Waals surface area (Å²) in [5, 5.41) is 86.9. The average molecular weight is 793 g/mol. The molecule has 0 aromatic carbocycles. The molecule has 3 rings (SSSR count). The molecule has 6 radical (unpaired) electrons. The minimum Gasteiger partial charge on any atom is -0.399 e. The van der Waals surface area contributed by atoms with Crippen LogP contribution < -0.4 is 0 Å². The van der Waals surface area contributed by atoms with Crippen LogP contribution in [0, 0.1) is 35.5 Å². The second-order valence-corrected chi connectivity index (χ2v) is 16.0. The second-order valence-electron chi connectivity index (χ2n) is 16.0. The Labute approximate surface area is 348 Å². The summed E-state index contributed by atoms with van der Waals surface area (Å²) in [5.41, 5.74) is 0. The van der Waals surface area contributed by atoms with Crippen LogP contribution in [0.5, 0.6) is 0 Å². The van der Waals surface area contributed by atoms with E-state index in [-0.39, 0.29) is 35.5 Å². The Morgan fingerprint density at radius 1 is 0.421 bits per heavy atom. The van der Waals surface area contributed by atoms with E-state index in [1.165, 1.54) is 56.8 Å². The van der Waals surface area contributed by atoms with Gasteiger partial charge in [-0.25, -0.2) is 0 Å². The molecular weight excluding hydrogens is 717 g/mol. The molecule has 318 valence electrons. The number of hydrogen-bond donors (Lipinski definition) is 9. The highest BCUT2D eigenvalue weighted by Crippen LogP contribution is 2.38. The van der Waals surface area contributed by atoms with Gasteiger partial charge in [-0.1, -0.05) is 132 Å². The van der Waals surface area contributed by atoms with E-state index in [2.05, 4.69) is 57.2 Å². The van der Waals surface area contributed by atoms with E-state index in [0.29, 0.717) is 19.3 Å². The molecule has 3 aliphatic rings. The molecular formula is C45H75B3O9. The van der Waals surface area contributed by atoms with Crippen LogP contribution in [0.1, 0.15) is 117 Å². The van der Waals surface area contributed by atoms with Crippen molar-refractivity contribution in [3.63, 3.8) is 0 Å². The smallest absolute Gasteiger partial charge is 0.114 e. The molecule has 0 aliphatic heterocycles. The molecule has 0 heterocycles. The summed E-state index contributed by atoms with van der Waals surface area (Å²) in [4.78, 5) is 0. The zero-order valence-electron chi connectivity index (χ0n) is 35.0. The maximum atomic E-state index is 9.98. The SMILES string of the molecule is [B]C(O)C=C[C@@H]1[C@@H](C/C=C\CCCC)[C@@H](O)C[C@H]1O.[B][C@@H](O)C=C[C@@H]1[C@@H](C/C=C\CCCC)[C@@H](O)C[C@H]1O.[B][C@H](O)C=C[C@@H]1[C@@H](C/C=C\CCCC)[C@@H](O)C[C@H]1O. The van der Waals surface area contributed by atoms with Crippen molar-refractivity contribution >= 4 is 23.5 Å². The predicted molar refractivity (Wildman–Crippen MR) is 233 cm³/mol. The second kappa shape index (κ2) is 31.2. The topological polar surface area (TPSA) is 182 Å². The molecule has 0 spiro atoms. The van der Waals surface area contributed by atoms with E-state index in [1.54, 1.807) is 18.2 Å². The van der Waals surface area contributed by atoms with Crippen LogP contribution in [0.3, 0.4) is 0 Å². The van der Waals surface area contributed by atoms with Gasteiger partial charge in [0.25, 0.3) is 0 Å². The monoisotopic (exact) mass is 793 g/mol. The van der Waals surface area contributed by atoms with Crippen LogP contribution in [-0.2, 0) is 0 Å². The molecule has 0 saturated heterocycles. The molecule has 3 aliphatic carbocycles. The lowest BCUT2D eigenvalue weighted by Crippen LogP contribution is -2.20. The summed E-state index contributed by atoms with van der Waals surface area (Å²) in [6.45, 7) is 6.47. The van der Waals surface area contributed by atoms with Gasteiger partial charge in [0.05, 0.1) is 36.6 Å². The van der Waals surface area contributed by atoms with Crippen molar-refractivity contribution in [3.05, 3.63) is 72.9 Å². The number of unbranched alkanes of at least 4 members (excludes halogenated alkanes) is 6. The van der Waals surface area contributed by atoms with Crippen molar-refractivity contribution < 1.29 is 46.0 Å². The van der Waals surface area contributed by atoms with Crippen LogP contribution in [-0.4, -0.2) is 124 Å². The molecule has 12 heteroatoms. The fourth-order valence-electron chi connectivity index (χ4n) is 7.93. The maximum Gasteiger partial charge on any atom is 0.114 e. The molecule has 0 aromatic rings. The van der Waals surface area contributed by atoms with Crippen molar-refractivity contribution in [3.8, 4) is 0 Å². The van der Waals surface area contributed by atoms with Crippen LogP contribution in [0.2, 0.25) is 0 Å².